The van der Waals surface area contributed by atoms with Gasteiger partial charge < -0.3 is 10.2 Å². The zero-order chi connectivity index (χ0) is 20.9. The van der Waals surface area contributed by atoms with Crippen molar-refractivity contribution in [2.24, 2.45) is 0 Å². The van der Waals surface area contributed by atoms with Crippen LogP contribution in [0.15, 0.2) is 18.2 Å². The van der Waals surface area contributed by atoms with Crippen LogP contribution in [0, 0.1) is 0 Å². The molecule has 0 unspecified atom stereocenters. The zero-order valence-electron chi connectivity index (χ0n) is 17.1. The fraction of sp³-hybridized carbons (Fsp3) is 0.600. The van der Waals surface area contributed by atoms with Gasteiger partial charge in [0, 0.05) is 38.3 Å². The lowest BCUT2D eigenvalue weighted by atomic mass is 10.1. The first-order valence-corrected chi connectivity index (χ1v) is 10.2. The summed E-state index contributed by atoms with van der Waals surface area (Å²) in [5.74, 6) is 0.102. The topological polar surface area (TPSA) is 55.9 Å². The second-order valence-electron chi connectivity index (χ2n) is 8.34. The third kappa shape index (κ3) is 7.24. The maximum Gasteiger partial charge on any atom is 0.236 e. The van der Waals surface area contributed by atoms with Gasteiger partial charge >= 0.3 is 0 Å². The Kier molecular flexibility index (Phi) is 8.13. The van der Waals surface area contributed by atoms with Gasteiger partial charge in [0.2, 0.25) is 11.8 Å². The summed E-state index contributed by atoms with van der Waals surface area (Å²) < 4.78 is 0. The van der Waals surface area contributed by atoms with Crippen molar-refractivity contribution in [1.82, 2.24) is 20.0 Å². The van der Waals surface area contributed by atoms with Crippen LogP contribution in [-0.2, 0) is 16.1 Å². The van der Waals surface area contributed by atoms with Crippen LogP contribution in [0.3, 0.4) is 0 Å². The van der Waals surface area contributed by atoms with Crippen LogP contribution in [0.1, 0.15) is 26.3 Å². The van der Waals surface area contributed by atoms with Gasteiger partial charge in [-0.2, -0.15) is 0 Å². The highest BCUT2D eigenvalue weighted by Crippen LogP contribution is 2.26. The minimum Gasteiger partial charge on any atom is -0.350 e. The number of halogens is 2. The van der Waals surface area contributed by atoms with Crippen LogP contribution >= 0.6 is 23.2 Å². The monoisotopic (exact) mass is 428 g/mol. The lowest BCUT2D eigenvalue weighted by Gasteiger charge is -2.35. The molecule has 156 valence electrons. The van der Waals surface area contributed by atoms with E-state index < -0.39 is 0 Å². The van der Waals surface area contributed by atoms with Crippen molar-refractivity contribution in [2.45, 2.75) is 32.9 Å². The fourth-order valence-electron chi connectivity index (χ4n) is 3.16. The second-order valence-corrected chi connectivity index (χ2v) is 9.13. The first kappa shape index (κ1) is 22.9. The van der Waals surface area contributed by atoms with Crippen molar-refractivity contribution in [3.8, 4) is 0 Å². The molecule has 1 aromatic rings. The van der Waals surface area contributed by atoms with Gasteiger partial charge in [-0.05, 0) is 39.4 Å². The Morgan fingerprint density at radius 3 is 2.39 bits per heavy atom. The van der Waals surface area contributed by atoms with Crippen molar-refractivity contribution in [2.75, 3.05) is 46.3 Å². The molecule has 1 aromatic carbocycles. The molecule has 0 saturated carbocycles. The Balaban J connectivity index is 1.77. The number of carbonyl (C=O) groups excluding carboxylic acids is 2. The lowest BCUT2D eigenvalue weighted by molar-refractivity contribution is -0.134. The smallest absolute Gasteiger partial charge is 0.236 e. The quantitative estimate of drug-likeness (QED) is 0.755. The molecule has 0 spiro atoms. The number of rotatable bonds is 6. The maximum atomic E-state index is 12.6. The summed E-state index contributed by atoms with van der Waals surface area (Å²) in [4.78, 5) is 30.5. The number of benzene rings is 1. The van der Waals surface area contributed by atoms with Gasteiger partial charge in [0.15, 0.2) is 0 Å². The molecule has 1 fully saturated rings. The summed E-state index contributed by atoms with van der Waals surface area (Å²) in [6.07, 6.45) is 0. The summed E-state index contributed by atoms with van der Waals surface area (Å²) in [5.41, 5.74) is 0.671. The number of nitrogens with one attached hydrogen (secondary N) is 1. The van der Waals surface area contributed by atoms with E-state index in [2.05, 4.69) is 10.2 Å². The molecular formula is C20H30Cl2N4O2. The van der Waals surface area contributed by atoms with E-state index in [1.165, 1.54) is 0 Å². The first-order chi connectivity index (χ1) is 13.0. The lowest BCUT2D eigenvalue weighted by Crippen LogP contribution is -2.54. The molecular weight excluding hydrogens is 399 g/mol. The molecule has 1 heterocycles. The van der Waals surface area contributed by atoms with Gasteiger partial charge in [-0.3, -0.25) is 19.4 Å². The molecule has 0 radical (unpaired) electrons. The molecule has 0 bridgehead atoms. The van der Waals surface area contributed by atoms with E-state index >= 15 is 0 Å². The minimum atomic E-state index is -0.231. The van der Waals surface area contributed by atoms with Gasteiger partial charge in [-0.15, -0.1) is 0 Å². The Hall–Kier alpha value is -1.34. The van der Waals surface area contributed by atoms with Gasteiger partial charge in [0.05, 0.1) is 23.1 Å². The molecule has 1 N–H and O–H groups in total. The Bertz CT molecular complexity index is 698. The highest BCUT2D eigenvalue weighted by Gasteiger charge is 2.24. The highest BCUT2D eigenvalue weighted by molar-refractivity contribution is 6.42. The van der Waals surface area contributed by atoms with Crippen molar-refractivity contribution >= 4 is 35.0 Å². The summed E-state index contributed by atoms with van der Waals surface area (Å²) in [6, 6.07) is 5.52. The van der Waals surface area contributed by atoms with E-state index in [1.807, 2.05) is 49.8 Å². The first-order valence-electron chi connectivity index (χ1n) is 9.48. The molecule has 28 heavy (non-hydrogen) atoms. The molecule has 2 amide bonds. The summed E-state index contributed by atoms with van der Waals surface area (Å²) in [6.45, 7) is 9.80. The Labute approximate surface area is 177 Å². The van der Waals surface area contributed by atoms with Crippen LogP contribution < -0.4 is 5.32 Å². The molecule has 1 saturated heterocycles. The van der Waals surface area contributed by atoms with Crippen LogP contribution in [0.4, 0.5) is 0 Å². The van der Waals surface area contributed by atoms with Gasteiger partial charge in [0.1, 0.15) is 0 Å². The van der Waals surface area contributed by atoms with E-state index in [0.29, 0.717) is 55.9 Å². The van der Waals surface area contributed by atoms with Gasteiger partial charge in [-0.1, -0.05) is 35.3 Å². The Morgan fingerprint density at radius 1 is 1.14 bits per heavy atom. The molecule has 6 nitrogen and oxygen atoms in total. The van der Waals surface area contributed by atoms with Gasteiger partial charge in [-0.25, -0.2) is 0 Å². The predicted molar refractivity (Wildman–Crippen MR) is 114 cm³/mol. The molecule has 0 aromatic heterocycles. The molecule has 1 aliphatic rings. The summed E-state index contributed by atoms with van der Waals surface area (Å²) in [7, 11) is 1.89. The number of nitrogens with zero attached hydrogens (tertiary/aromatic N) is 3. The number of hydrogen-bond donors (Lipinski definition) is 1. The number of hydrogen-bond acceptors (Lipinski definition) is 4. The Morgan fingerprint density at radius 2 is 1.79 bits per heavy atom. The molecule has 2 rings (SSSR count). The third-order valence-electron chi connectivity index (χ3n) is 4.48. The van der Waals surface area contributed by atoms with E-state index in [-0.39, 0.29) is 17.4 Å². The zero-order valence-corrected chi connectivity index (χ0v) is 18.6. The van der Waals surface area contributed by atoms with Crippen molar-refractivity contribution < 1.29 is 9.59 Å². The third-order valence-corrected chi connectivity index (χ3v) is 5.34. The molecule has 1 aliphatic heterocycles. The number of carbonyl (C=O) groups is 2. The van der Waals surface area contributed by atoms with Crippen LogP contribution in [0.5, 0.6) is 0 Å². The number of amides is 2. The number of piperazine rings is 1. The summed E-state index contributed by atoms with van der Waals surface area (Å²) >= 11 is 12.3. The van der Waals surface area contributed by atoms with Gasteiger partial charge in [0.25, 0.3) is 0 Å². The average Bonchev–Trinajstić information content (AvgIpc) is 2.57. The molecule has 8 heteroatoms. The van der Waals surface area contributed by atoms with E-state index in [9.17, 15) is 9.59 Å². The number of likely N-dealkylation sites (N-methyl/N-ethyl adjacent to an activating group) is 1. The van der Waals surface area contributed by atoms with E-state index in [0.717, 1.165) is 5.56 Å². The normalized spacial score (nSPS) is 15.8. The van der Waals surface area contributed by atoms with Crippen molar-refractivity contribution in [3.63, 3.8) is 0 Å². The fourth-order valence-corrected chi connectivity index (χ4v) is 3.54. The maximum absolute atomic E-state index is 12.6. The van der Waals surface area contributed by atoms with Crippen LogP contribution in [-0.4, -0.2) is 78.4 Å². The van der Waals surface area contributed by atoms with Crippen molar-refractivity contribution in [3.05, 3.63) is 33.8 Å². The second kappa shape index (κ2) is 9.92. The average molecular weight is 429 g/mol. The minimum absolute atomic E-state index is 0.0189. The highest BCUT2D eigenvalue weighted by atomic mass is 35.5. The van der Waals surface area contributed by atoms with E-state index in [4.69, 9.17) is 23.2 Å². The van der Waals surface area contributed by atoms with Crippen LogP contribution in [0.2, 0.25) is 10.0 Å². The SMILES string of the molecule is CN(CC(=O)N1CCN(CC(=O)NC(C)(C)C)CC1)Cc1cccc(Cl)c1Cl. The largest absolute Gasteiger partial charge is 0.350 e. The summed E-state index contributed by atoms with van der Waals surface area (Å²) in [5, 5.41) is 4.02. The van der Waals surface area contributed by atoms with Crippen LogP contribution in [0.25, 0.3) is 0 Å². The van der Waals surface area contributed by atoms with Crippen molar-refractivity contribution in [1.29, 1.82) is 0 Å². The predicted octanol–water partition coefficient (Wildman–Crippen LogP) is 2.48. The standard InChI is InChI=1S/C20H30Cl2N4O2/c1-20(2,3)23-17(27)13-25-8-10-26(11-9-25)18(28)14-24(4)12-15-6-5-7-16(21)19(15)22/h5-7H,8-14H2,1-4H3,(H,23,27). The van der Waals surface area contributed by atoms with E-state index in [1.54, 1.807) is 6.07 Å². The molecule has 0 aliphatic carbocycles. The molecule has 0 atom stereocenters.